The van der Waals surface area contributed by atoms with Crippen molar-refractivity contribution in [3.63, 3.8) is 0 Å². The molecule has 154 valence electrons. The summed E-state index contributed by atoms with van der Waals surface area (Å²) in [6.07, 6.45) is 6.26. The maximum Gasteiger partial charge on any atom is 0.312 e. The van der Waals surface area contributed by atoms with Crippen LogP contribution in [0.25, 0.3) is 0 Å². The lowest BCUT2D eigenvalue weighted by molar-refractivity contribution is -0.135. The van der Waals surface area contributed by atoms with E-state index in [1.165, 1.54) is 12.1 Å². The minimum absolute atomic E-state index is 0.155. The van der Waals surface area contributed by atoms with Gasteiger partial charge in [0.25, 0.3) is 0 Å². The van der Waals surface area contributed by atoms with Gasteiger partial charge in [-0.3, -0.25) is 9.78 Å². The maximum atomic E-state index is 13.0. The molecule has 0 radical (unpaired) electrons. The van der Waals surface area contributed by atoms with E-state index < -0.39 is 0 Å². The summed E-state index contributed by atoms with van der Waals surface area (Å²) < 4.78 is 18.5. The summed E-state index contributed by atoms with van der Waals surface area (Å²) in [5.41, 5.74) is 3.63. The number of phenolic OH excluding ortho intramolecular Hbond substituents is 1. The number of carbonyl (C=O) groups excluding carboxylic acids is 1. The molecule has 1 N–H and O–H groups in total. The number of hydrogen-bond donors (Lipinski definition) is 1. The Morgan fingerprint density at radius 1 is 1.17 bits per heavy atom. The molecule has 2 atom stereocenters. The average molecular weight is 405 g/mol. The molecule has 1 aliphatic rings. The number of aryl methyl sites for hydroxylation is 1. The number of ether oxygens (including phenoxy) is 1. The molecule has 4 rings (SSSR count). The van der Waals surface area contributed by atoms with E-state index >= 15 is 0 Å². The number of fused-ring (bicyclic) bond motifs is 1. The number of halogens is 1. The molecule has 0 saturated heterocycles. The zero-order valence-electron chi connectivity index (χ0n) is 16.8. The van der Waals surface area contributed by atoms with E-state index in [1.807, 2.05) is 30.3 Å². The van der Waals surface area contributed by atoms with E-state index in [0.29, 0.717) is 11.3 Å². The number of rotatable bonds is 6. The molecule has 0 spiro atoms. The number of hydrogen-bond acceptors (Lipinski definition) is 4. The standard InChI is InChI=1S/C25H24FNO3/c1-16(3-2-4-17-5-7-20(26)8-6-17)19-13-22(28)25-21(18-9-11-27-12-10-18)15-24(29)30-23(25)14-19/h5-14,16,21,28H,2-4,15H2,1H3. The minimum atomic E-state index is -0.301. The van der Waals surface area contributed by atoms with E-state index in [-0.39, 0.29) is 35.8 Å². The Kier molecular flexibility index (Phi) is 5.79. The molecule has 30 heavy (non-hydrogen) atoms. The fraction of sp³-hybridized carbons (Fsp3) is 0.280. The van der Waals surface area contributed by atoms with Crippen molar-refractivity contribution in [2.45, 2.75) is 44.4 Å². The van der Waals surface area contributed by atoms with Crippen molar-refractivity contribution in [2.75, 3.05) is 0 Å². The number of esters is 1. The van der Waals surface area contributed by atoms with Gasteiger partial charge in [-0.25, -0.2) is 4.39 Å². The molecule has 0 aliphatic carbocycles. The van der Waals surface area contributed by atoms with Crippen molar-refractivity contribution in [1.82, 2.24) is 4.98 Å². The summed E-state index contributed by atoms with van der Waals surface area (Å²) in [7, 11) is 0. The topological polar surface area (TPSA) is 59.4 Å². The van der Waals surface area contributed by atoms with E-state index in [4.69, 9.17) is 4.74 Å². The number of aromatic nitrogens is 1. The third-order valence-electron chi connectivity index (χ3n) is 5.78. The Hall–Kier alpha value is -3.21. The van der Waals surface area contributed by atoms with Gasteiger partial charge < -0.3 is 9.84 Å². The predicted molar refractivity (Wildman–Crippen MR) is 112 cm³/mol. The Morgan fingerprint density at radius 2 is 1.90 bits per heavy atom. The fourth-order valence-corrected chi connectivity index (χ4v) is 4.10. The van der Waals surface area contributed by atoms with Crippen molar-refractivity contribution in [3.05, 3.63) is 89.0 Å². The molecule has 2 aromatic carbocycles. The van der Waals surface area contributed by atoms with Crippen LogP contribution in [0.15, 0.2) is 60.9 Å². The summed E-state index contributed by atoms with van der Waals surface area (Å²) >= 11 is 0. The van der Waals surface area contributed by atoms with Crippen molar-refractivity contribution < 1.29 is 19.0 Å². The number of aromatic hydroxyl groups is 1. The maximum absolute atomic E-state index is 13.0. The van der Waals surface area contributed by atoms with Crippen LogP contribution in [0.5, 0.6) is 11.5 Å². The predicted octanol–water partition coefficient (Wildman–Crippen LogP) is 5.49. The Bertz CT molecular complexity index is 1030. The second kappa shape index (κ2) is 8.66. The first-order chi connectivity index (χ1) is 14.5. The number of pyridine rings is 1. The van der Waals surface area contributed by atoms with Gasteiger partial charge in [0.05, 0.1) is 6.42 Å². The number of nitrogens with zero attached hydrogens (tertiary/aromatic N) is 1. The highest BCUT2D eigenvalue weighted by Crippen LogP contribution is 2.45. The highest BCUT2D eigenvalue weighted by atomic mass is 19.1. The molecule has 0 bridgehead atoms. The van der Waals surface area contributed by atoms with Crippen LogP contribution >= 0.6 is 0 Å². The zero-order chi connectivity index (χ0) is 21.1. The van der Waals surface area contributed by atoms with Gasteiger partial charge in [-0.2, -0.15) is 0 Å². The molecule has 5 heteroatoms. The summed E-state index contributed by atoms with van der Waals surface area (Å²) in [6, 6.07) is 14.0. The molecule has 0 amide bonds. The van der Waals surface area contributed by atoms with Crippen LogP contribution in [0.1, 0.15) is 60.3 Å². The number of carbonyl (C=O) groups is 1. The normalized spacial score (nSPS) is 16.6. The summed E-state index contributed by atoms with van der Waals surface area (Å²) in [5.74, 6) is 0.00507. The van der Waals surface area contributed by atoms with Crippen LogP contribution in [-0.2, 0) is 11.2 Å². The lowest BCUT2D eigenvalue weighted by Crippen LogP contribution is -2.21. The second-order valence-corrected chi connectivity index (χ2v) is 7.88. The van der Waals surface area contributed by atoms with Gasteiger partial charge in [0.2, 0.25) is 0 Å². The van der Waals surface area contributed by atoms with Crippen molar-refractivity contribution in [1.29, 1.82) is 0 Å². The van der Waals surface area contributed by atoms with Gasteiger partial charge in [-0.15, -0.1) is 0 Å². The molecule has 0 fully saturated rings. The van der Waals surface area contributed by atoms with Gasteiger partial charge in [0, 0.05) is 23.9 Å². The first kappa shape index (κ1) is 20.1. The lowest BCUT2D eigenvalue weighted by Gasteiger charge is -2.27. The summed E-state index contributed by atoms with van der Waals surface area (Å²) in [4.78, 5) is 16.2. The van der Waals surface area contributed by atoms with Crippen LogP contribution in [0.4, 0.5) is 4.39 Å². The third kappa shape index (κ3) is 4.35. The smallest absolute Gasteiger partial charge is 0.312 e. The molecule has 0 saturated carbocycles. The molecule has 3 aromatic rings. The van der Waals surface area contributed by atoms with Gasteiger partial charge in [0.1, 0.15) is 17.3 Å². The summed E-state index contributed by atoms with van der Waals surface area (Å²) in [6.45, 7) is 2.09. The van der Waals surface area contributed by atoms with Crippen LogP contribution in [0, 0.1) is 5.82 Å². The van der Waals surface area contributed by atoms with Crippen molar-refractivity contribution in [2.24, 2.45) is 0 Å². The van der Waals surface area contributed by atoms with Crippen LogP contribution in [0.3, 0.4) is 0 Å². The molecular weight excluding hydrogens is 381 g/mol. The molecule has 2 heterocycles. The second-order valence-electron chi connectivity index (χ2n) is 7.88. The van der Waals surface area contributed by atoms with Gasteiger partial charge >= 0.3 is 5.97 Å². The quantitative estimate of drug-likeness (QED) is 0.435. The van der Waals surface area contributed by atoms with Crippen LogP contribution < -0.4 is 4.74 Å². The van der Waals surface area contributed by atoms with E-state index in [0.717, 1.165) is 36.0 Å². The van der Waals surface area contributed by atoms with Crippen molar-refractivity contribution >= 4 is 5.97 Å². The molecular formula is C25H24FNO3. The Labute approximate surface area is 175 Å². The highest BCUT2D eigenvalue weighted by Gasteiger charge is 2.32. The van der Waals surface area contributed by atoms with Crippen molar-refractivity contribution in [3.8, 4) is 11.5 Å². The summed E-state index contributed by atoms with van der Waals surface area (Å²) in [5, 5.41) is 10.8. The molecule has 4 nitrogen and oxygen atoms in total. The zero-order valence-corrected chi connectivity index (χ0v) is 16.8. The first-order valence-corrected chi connectivity index (χ1v) is 10.2. The largest absolute Gasteiger partial charge is 0.507 e. The molecule has 2 unspecified atom stereocenters. The van der Waals surface area contributed by atoms with E-state index in [2.05, 4.69) is 11.9 Å². The van der Waals surface area contributed by atoms with Crippen LogP contribution in [0.2, 0.25) is 0 Å². The Morgan fingerprint density at radius 3 is 2.63 bits per heavy atom. The third-order valence-corrected chi connectivity index (χ3v) is 5.78. The van der Waals surface area contributed by atoms with Crippen LogP contribution in [-0.4, -0.2) is 16.1 Å². The average Bonchev–Trinajstić information content (AvgIpc) is 2.74. The molecule has 1 aliphatic heterocycles. The van der Waals surface area contributed by atoms with E-state index in [1.54, 1.807) is 18.5 Å². The lowest BCUT2D eigenvalue weighted by atomic mass is 9.84. The van der Waals surface area contributed by atoms with Gasteiger partial charge in [0.15, 0.2) is 0 Å². The molecule has 1 aromatic heterocycles. The highest BCUT2D eigenvalue weighted by molar-refractivity contribution is 5.78. The monoisotopic (exact) mass is 405 g/mol. The number of phenols is 1. The van der Waals surface area contributed by atoms with Gasteiger partial charge in [-0.1, -0.05) is 19.1 Å². The van der Waals surface area contributed by atoms with Gasteiger partial charge in [-0.05, 0) is 78.3 Å². The first-order valence-electron chi connectivity index (χ1n) is 10.2. The Balaban J connectivity index is 1.51. The SMILES string of the molecule is CC(CCCc1ccc(F)cc1)c1cc(O)c2c(c1)OC(=O)CC2c1ccncc1. The fourth-order valence-electron chi connectivity index (χ4n) is 4.10. The number of benzene rings is 2. The minimum Gasteiger partial charge on any atom is -0.507 e. The van der Waals surface area contributed by atoms with E-state index in [9.17, 15) is 14.3 Å².